The van der Waals surface area contributed by atoms with E-state index in [0.29, 0.717) is 12.6 Å². The Morgan fingerprint density at radius 3 is 2.81 bits per heavy atom. The highest BCUT2D eigenvalue weighted by Crippen LogP contribution is 2.15. The number of hydrogen-bond acceptors (Lipinski definition) is 3. The molecule has 2 N–H and O–H groups in total. The lowest BCUT2D eigenvalue weighted by Crippen LogP contribution is -2.46. The second-order valence-corrected chi connectivity index (χ2v) is 4.25. The summed E-state index contributed by atoms with van der Waals surface area (Å²) in [5.41, 5.74) is 0. The second-order valence-electron chi connectivity index (χ2n) is 4.25. The van der Waals surface area contributed by atoms with Gasteiger partial charge in [0.25, 0.3) is 0 Å². The molecule has 1 rings (SSSR count). The topological polar surface area (TPSA) is 69.6 Å². The fourth-order valence-electron chi connectivity index (χ4n) is 1.96. The number of carbonyl (C=O) groups excluding carboxylic acids is 1. The van der Waals surface area contributed by atoms with Crippen LogP contribution in [0.3, 0.4) is 0 Å². The summed E-state index contributed by atoms with van der Waals surface area (Å²) in [5, 5.41) is 11.3. The molecule has 5 heteroatoms. The highest BCUT2D eigenvalue weighted by Gasteiger charge is 2.22. The summed E-state index contributed by atoms with van der Waals surface area (Å²) in [5.74, 6) is -0.760. The van der Waals surface area contributed by atoms with Gasteiger partial charge in [-0.25, -0.2) is 0 Å². The van der Waals surface area contributed by atoms with Crippen molar-refractivity contribution in [1.29, 1.82) is 0 Å². The van der Waals surface area contributed by atoms with Crippen molar-refractivity contribution in [3.05, 3.63) is 0 Å². The van der Waals surface area contributed by atoms with E-state index in [1.807, 2.05) is 4.90 Å². The summed E-state index contributed by atoms with van der Waals surface area (Å²) in [6, 6.07) is 0.322. The van der Waals surface area contributed by atoms with E-state index in [2.05, 4.69) is 12.2 Å². The molecular weight excluding hydrogens is 208 g/mol. The summed E-state index contributed by atoms with van der Waals surface area (Å²) in [6.07, 6.45) is 3.40. The molecule has 0 saturated carbocycles. The lowest BCUT2D eigenvalue weighted by atomic mass is 10.0. The number of carboxylic acid groups (broad SMARTS) is 1. The SMILES string of the molecule is CC1CCCCN1C(=O)CNCCC(=O)O. The Labute approximate surface area is 95.8 Å². The molecule has 1 fully saturated rings. The van der Waals surface area contributed by atoms with E-state index in [1.54, 1.807) is 0 Å². The Balaban J connectivity index is 2.20. The number of piperidine rings is 1. The summed E-state index contributed by atoms with van der Waals surface area (Å²) in [7, 11) is 0. The number of rotatable bonds is 5. The Kier molecular flexibility index (Phi) is 5.25. The molecule has 0 radical (unpaired) electrons. The van der Waals surface area contributed by atoms with Crippen molar-refractivity contribution in [2.75, 3.05) is 19.6 Å². The average molecular weight is 228 g/mol. The largest absolute Gasteiger partial charge is 0.481 e. The van der Waals surface area contributed by atoms with E-state index in [4.69, 9.17) is 5.11 Å². The van der Waals surface area contributed by atoms with Crippen LogP contribution in [-0.2, 0) is 9.59 Å². The smallest absolute Gasteiger partial charge is 0.304 e. The number of nitrogens with zero attached hydrogens (tertiary/aromatic N) is 1. The van der Waals surface area contributed by atoms with Crippen molar-refractivity contribution in [1.82, 2.24) is 10.2 Å². The maximum absolute atomic E-state index is 11.8. The molecular formula is C11H20N2O3. The maximum atomic E-state index is 11.8. The van der Waals surface area contributed by atoms with Gasteiger partial charge in [-0.1, -0.05) is 0 Å². The minimum Gasteiger partial charge on any atom is -0.481 e. The third kappa shape index (κ3) is 4.18. The number of nitrogens with one attached hydrogen (secondary N) is 1. The number of carbonyl (C=O) groups is 2. The first-order valence-electron chi connectivity index (χ1n) is 5.83. The third-order valence-electron chi connectivity index (χ3n) is 2.92. The summed E-state index contributed by atoms with van der Waals surface area (Å²) < 4.78 is 0. The monoisotopic (exact) mass is 228 g/mol. The van der Waals surface area contributed by atoms with Gasteiger partial charge >= 0.3 is 5.97 Å². The van der Waals surface area contributed by atoms with Gasteiger partial charge in [0.05, 0.1) is 13.0 Å². The zero-order chi connectivity index (χ0) is 12.0. The van der Waals surface area contributed by atoms with Gasteiger partial charge in [-0.05, 0) is 26.2 Å². The van der Waals surface area contributed by atoms with E-state index in [-0.39, 0.29) is 18.9 Å². The molecule has 92 valence electrons. The number of hydrogen-bond donors (Lipinski definition) is 2. The molecule has 0 aromatic rings. The molecule has 5 nitrogen and oxygen atoms in total. The lowest BCUT2D eigenvalue weighted by Gasteiger charge is -2.33. The normalized spacial score (nSPS) is 20.8. The first kappa shape index (κ1) is 13.0. The number of aliphatic carboxylic acids is 1. The van der Waals surface area contributed by atoms with Crippen LogP contribution in [0.4, 0.5) is 0 Å². The van der Waals surface area contributed by atoms with Gasteiger partial charge in [0.1, 0.15) is 0 Å². The molecule has 1 heterocycles. The van der Waals surface area contributed by atoms with Gasteiger partial charge in [0.15, 0.2) is 0 Å². The van der Waals surface area contributed by atoms with E-state index >= 15 is 0 Å². The van der Waals surface area contributed by atoms with Gasteiger partial charge < -0.3 is 15.3 Å². The minimum atomic E-state index is -0.841. The molecule has 1 aliphatic rings. The lowest BCUT2D eigenvalue weighted by molar-refractivity contribution is -0.137. The Bertz CT molecular complexity index is 256. The minimum absolute atomic E-state index is 0.0584. The number of likely N-dealkylation sites (tertiary alicyclic amines) is 1. The van der Waals surface area contributed by atoms with Crippen LogP contribution < -0.4 is 5.32 Å². The van der Waals surface area contributed by atoms with E-state index in [9.17, 15) is 9.59 Å². The predicted octanol–water partition coefficient (Wildman–Crippen LogP) is 0.452. The highest BCUT2D eigenvalue weighted by molar-refractivity contribution is 5.78. The van der Waals surface area contributed by atoms with Crippen LogP contribution in [0.2, 0.25) is 0 Å². The van der Waals surface area contributed by atoms with E-state index in [0.717, 1.165) is 19.4 Å². The molecule has 0 aromatic heterocycles. The van der Waals surface area contributed by atoms with Gasteiger partial charge in [-0.15, -0.1) is 0 Å². The van der Waals surface area contributed by atoms with Crippen LogP contribution in [0.15, 0.2) is 0 Å². The first-order chi connectivity index (χ1) is 7.61. The number of carboxylic acids is 1. The average Bonchev–Trinajstić information content (AvgIpc) is 2.24. The quantitative estimate of drug-likeness (QED) is 0.670. The van der Waals surface area contributed by atoms with Crippen LogP contribution >= 0.6 is 0 Å². The van der Waals surface area contributed by atoms with Crippen molar-refractivity contribution in [2.24, 2.45) is 0 Å². The van der Waals surface area contributed by atoms with Crippen molar-refractivity contribution >= 4 is 11.9 Å². The van der Waals surface area contributed by atoms with Crippen molar-refractivity contribution in [3.63, 3.8) is 0 Å². The summed E-state index contributed by atoms with van der Waals surface area (Å²) in [4.78, 5) is 23.9. The maximum Gasteiger partial charge on any atom is 0.304 e. The van der Waals surface area contributed by atoms with Crippen molar-refractivity contribution < 1.29 is 14.7 Å². The first-order valence-corrected chi connectivity index (χ1v) is 5.83. The molecule has 0 aliphatic carbocycles. The highest BCUT2D eigenvalue weighted by atomic mass is 16.4. The molecule has 1 unspecified atom stereocenters. The molecule has 0 aromatic carbocycles. The molecule has 0 bridgehead atoms. The van der Waals surface area contributed by atoms with Crippen molar-refractivity contribution in [3.8, 4) is 0 Å². The zero-order valence-corrected chi connectivity index (χ0v) is 9.74. The Morgan fingerprint density at radius 1 is 1.44 bits per heavy atom. The Morgan fingerprint density at radius 2 is 2.19 bits per heavy atom. The van der Waals surface area contributed by atoms with Gasteiger partial charge in [-0.2, -0.15) is 0 Å². The summed E-state index contributed by atoms with van der Waals surface area (Å²) >= 11 is 0. The third-order valence-corrected chi connectivity index (χ3v) is 2.92. The standard InChI is InChI=1S/C11H20N2O3/c1-9-4-2-3-7-13(9)10(14)8-12-6-5-11(15)16/h9,12H,2-8H2,1H3,(H,15,16). The molecule has 1 amide bonds. The molecule has 1 saturated heterocycles. The molecule has 16 heavy (non-hydrogen) atoms. The Hall–Kier alpha value is -1.10. The molecule has 0 spiro atoms. The fourth-order valence-corrected chi connectivity index (χ4v) is 1.96. The molecule has 1 atom stereocenters. The van der Waals surface area contributed by atoms with Crippen LogP contribution in [-0.4, -0.2) is 47.6 Å². The van der Waals surface area contributed by atoms with Crippen LogP contribution in [0.25, 0.3) is 0 Å². The van der Waals surface area contributed by atoms with Crippen LogP contribution in [0.1, 0.15) is 32.6 Å². The molecule has 1 aliphatic heterocycles. The predicted molar refractivity (Wildman–Crippen MR) is 60.1 cm³/mol. The van der Waals surface area contributed by atoms with Crippen LogP contribution in [0.5, 0.6) is 0 Å². The van der Waals surface area contributed by atoms with Gasteiger partial charge in [0, 0.05) is 19.1 Å². The van der Waals surface area contributed by atoms with Gasteiger partial charge in [-0.3, -0.25) is 9.59 Å². The fraction of sp³-hybridized carbons (Fsp3) is 0.818. The van der Waals surface area contributed by atoms with E-state index in [1.165, 1.54) is 6.42 Å². The van der Waals surface area contributed by atoms with E-state index < -0.39 is 5.97 Å². The summed E-state index contributed by atoms with van der Waals surface area (Å²) in [6.45, 7) is 3.50. The van der Waals surface area contributed by atoms with Gasteiger partial charge in [0.2, 0.25) is 5.91 Å². The van der Waals surface area contributed by atoms with Crippen molar-refractivity contribution in [2.45, 2.75) is 38.6 Å². The zero-order valence-electron chi connectivity index (χ0n) is 9.74. The second kappa shape index (κ2) is 6.48. The number of amides is 1. The van der Waals surface area contributed by atoms with Crippen LogP contribution in [0, 0.1) is 0 Å².